The summed E-state index contributed by atoms with van der Waals surface area (Å²) in [4.78, 5) is 12.7. The molecule has 0 spiro atoms. The molecule has 22 heavy (non-hydrogen) atoms. The van der Waals surface area contributed by atoms with Gasteiger partial charge in [-0.05, 0) is 29.7 Å². The lowest BCUT2D eigenvalue weighted by atomic mass is 10.1. The maximum Gasteiger partial charge on any atom is 0.231 e. The molecule has 0 atom stereocenters. The highest BCUT2D eigenvalue weighted by Gasteiger charge is 2.26. The maximum absolute atomic E-state index is 12.1. The van der Waals surface area contributed by atoms with Crippen LogP contribution in [0.15, 0.2) is 29.7 Å². The first-order chi connectivity index (χ1) is 10.7. The second-order valence-corrected chi connectivity index (χ2v) is 5.39. The molecular weight excluding hydrogens is 304 g/mol. The van der Waals surface area contributed by atoms with Gasteiger partial charge in [0.15, 0.2) is 17.3 Å². The number of carbonyl (C=O) groups is 1. The third-order valence-electron chi connectivity index (χ3n) is 3.19. The molecule has 2 heterocycles. The standard InChI is InChI=1S/C16H14O5S/c1-18-12-8-10(5-6-11(17)13-4-3-7-22-13)14(19-2)16-15(12)20-9-21-16/h3-8H,9H2,1-2H3. The zero-order valence-corrected chi connectivity index (χ0v) is 12.9. The van der Waals surface area contributed by atoms with Crippen LogP contribution < -0.4 is 18.9 Å². The normalized spacial score (nSPS) is 12.6. The minimum atomic E-state index is -0.0614. The molecule has 1 aliphatic heterocycles. The van der Waals surface area contributed by atoms with E-state index in [0.29, 0.717) is 33.4 Å². The molecule has 0 saturated carbocycles. The van der Waals surface area contributed by atoms with Crippen molar-refractivity contribution < 1.29 is 23.7 Å². The van der Waals surface area contributed by atoms with Crippen LogP contribution in [-0.4, -0.2) is 26.8 Å². The first kappa shape index (κ1) is 14.5. The van der Waals surface area contributed by atoms with Crippen LogP contribution in [0.2, 0.25) is 0 Å². The summed E-state index contributed by atoms with van der Waals surface area (Å²) >= 11 is 1.40. The van der Waals surface area contributed by atoms with Gasteiger partial charge in [-0.25, -0.2) is 0 Å². The van der Waals surface area contributed by atoms with E-state index in [1.807, 2.05) is 11.4 Å². The first-order valence-corrected chi connectivity index (χ1v) is 7.43. The Kier molecular flexibility index (Phi) is 4.02. The molecule has 0 bridgehead atoms. The van der Waals surface area contributed by atoms with Crippen molar-refractivity contribution in [3.8, 4) is 23.0 Å². The van der Waals surface area contributed by atoms with Crippen LogP contribution in [0.3, 0.4) is 0 Å². The van der Waals surface area contributed by atoms with Gasteiger partial charge < -0.3 is 18.9 Å². The van der Waals surface area contributed by atoms with E-state index in [1.54, 1.807) is 32.4 Å². The van der Waals surface area contributed by atoms with Crippen LogP contribution in [0.5, 0.6) is 23.0 Å². The number of fused-ring (bicyclic) bond motifs is 1. The summed E-state index contributed by atoms with van der Waals surface area (Å²) in [5, 5.41) is 1.87. The van der Waals surface area contributed by atoms with Crippen LogP contribution >= 0.6 is 11.3 Å². The molecule has 6 heteroatoms. The summed E-state index contributed by atoms with van der Waals surface area (Å²) < 4.78 is 21.5. The highest BCUT2D eigenvalue weighted by atomic mass is 32.1. The molecule has 1 aliphatic rings. The fraction of sp³-hybridized carbons (Fsp3) is 0.188. The number of allylic oxidation sites excluding steroid dienone is 1. The number of thiophene rings is 1. The van der Waals surface area contributed by atoms with E-state index in [0.717, 1.165) is 0 Å². The van der Waals surface area contributed by atoms with Crippen molar-refractivity contribution in [3.05, 3.63) is 40.1 Å². The van der Waals surface area contributed by atoms with Crippen molar-refractivity contribution >= 4 is 23.2 Å². The van der Waals surface area contributed by atoms with E-state index >= 15 is 0 Å². The number of hydrogen-bond donors (Lipinski definition) is 0. The Bertz CT molecular complexity index is 719. The second kappa shape index (κ2) is 6.11. The van der Waals surface area contributed by atoms with Crippen molar-refractivity contribution in [1.82, 2.24) is 0 Å². The average molecular weight is 318 g/mol. The van der Waals surface area contributed by atoms with E-state index in [2.05, 4.69) is 0 Å². The fourth-order valence-electron chi connectivity index (χ4n) is 2.19. The smallest absolute Gasteiger partial charge is 0.231 e. The van der Waals surface area contributed by atoms with Crippen LogP contribution in [0, 0.1) is 0 Å². The number of hydrogen-bond acceptors (Lipinski definition) is 6. The number of carbonyl (C=O) groups excluding carboxylic acids is 1. The quantitative estimate of drug-likeness (QED) is 0.625. The number of benzene rings is 1. The van der Waals surface area contributed by atoms with Gasteiger partial charge in [-0.2, -0.15) is 0 Å². The molecule has 2 aromatic rings. The van der Waals surface area contributed by atoms with Gasteiger partial charge in [-0.3, -0.25) is 4.79 Å². The Morgan fingerprint density at radius 1 is 1.27 bits per heavy atom. The number of methoxy groups -OCH3 is 2. The lowest BCUT2D eigenvalue weighted by molar-refractivity contribution is 0.105. The summed E-state index contributed by atoms with van der Waals surface area (Å²) in [5.74, 6) is 2.00. The SMILES string of the molecule is COc1cc(C=CC(=O)c2cccs2)c(OC)c2c1OCO2. The summed E-state index contributed by atoms with van der Waals surface area (Å²) in [6.45, 7) is 0.114. The van der Waals surface area contributed by atoms with E-state index in [4.69, 9.17) is 18.9 Å². The molecular formula is C16H14O5S. The Labute approximate surface area is 131 Å². The van der Waals surface area contributed by atoms with Crippen LogP contribution in [0.1, 0.15) is 15.2 Å². The van der Waals surface area contributed by atoms with Crippen molar-refractivity contribution in [1.29, 1.82) is 0 Å². The van der Waals surface area contributed by atoms with E-state index in [-0.39, 0.29) is 12.6 Å². The van der Waals surface area contributed by atoms with E-state index in [1.165, 1.54) is 17.4 Å². The number of ether oxygens (including phenoxy) is 4. The van der Waals surface area contributed by atoms with Gasteiger partial charge in [0.1, 0.15) is 0 Å². The molecule has 0 N–H and O–H groups in total. The molecule has 0 unspecified atom stereocenters. The first-order valence-electron chi connectivity index (χ1n) is 6.55. The molecule has 0 saturated heterocycles. The molecule has 0 aliphatic carbocycles. The van der Waals surface area contributed by atoms with E-state index in [9.17, 15) is 4.79 Å². The monoisotopic (exact) mass is 318 g/mol. The maximum atomic E-state index is 12.1. The van der Waals surface area contributed by atoms with Gasteiger partial charge in [-0.1, -0.05) is 6.07 Å². The van der Waals surface area contributed by atoms with Crippen LogP contribution in [0.25, 0.3) is 6.08 Å². The zero-order valence-electron chi connectivity index (χ0n) is 12.1. The molecule has 114 valence electrons. The molecule has 0 radical (unpaired) electrons. The minimum absolute atomic E-state index is 0.0614. The van der Waals surface area contributed by atoms with Gasteiger partial charge in [-0.15, -0.1) is 11.3 Å². The summed E-state index contributed by atoms with van der Waals surface area (Å²) in [6, 6.07) is 5.38. The molecule has 0 amide bonds. The van der Waals surface area contributed by atoms with Gasteiger partial charge in [0.05, 0.1) is 19.1 Å². The Morgan fingerprint density at radius 3 is 2.77 bits per heavy atom. The van der Waals surface area contributed by atoms with Gasteiger partial charge in [0, 0.05) is 5.56 Å². The van der Waals surface area contributed by atoms with Gasteiger partial charge >= 0.3 is 0 Å². The summed E-state index contributed by atoms with van der Waals surface area (Å²) in [7, 11) is 3.09. The van der Waals surface area contributed by atoms with Crippen molar-refractivity contribution in [2.75, 3.05) is 21.0 Å². The zero-order chi connectivity index (χ0) is 15.5. The summed E-state index contributed by atoms with van der Waals surface area (Å²) in [6.07, 6.45) is 3.19. The molecule has 3 rings (SSSR count). The lowest BCUT2D eigenvalue weighted by Gasteiger charge is -2.11. The number of rotatable bonds is 5. The molecule has 0 fully saturated rings. The highest BCUT2D eigenvalue weighted by molar-refractivity contribution is 7.12. The minimum Gasteiger partial charge on any atom is -0.493 e. The Balaban J connectivity index is 1.98. The van der Waals surface area contributed by atoms with E-state index < -0.39 is 0 Å². The highest BCUT2D eigenvalue weighted by Crippen LogP contribution is 2.49. The predicted octanol–water partition coefficient (Wildman–Crippen LogP) is 3.39. The number of ketones is 1. The average Bonchev–Trinajstić information content (AvgIpc) is 3.22. The Hall–Kier alpha value is -2.47. The second-order valence-electron chi connectivity index (χ2n) is 4.44. The topological polar surface area (TPSA) is 54.0 Å². The van der Waals surface area contributed by atoms with Gasteiger partial charge in [0.25, 0.3) is 0 Å². The van der Waals surface area contributed by atoms with Crippen LogP contribution in [0.4, 0.5) is 0 Å². The molecule has 1 aromatic carbocycles. The predicted molar refractivity (Wildman–Crippen MR) is 83.4 cm³/mol. The largest absolute Gasteiger partial charge is 0.493 e. The fourth-order valence-corrected chi connectivity index (χ4v) is 2.83. The third-order valence-corrected chi connectivity index (χ3v) is 4.08. The Morgan fingerprint density at radius 2 is 2.09 bits per heavy atom. The third kappa shape index (κ3) is 2.53. The van der Waals surface area contributed by atoms with Crippen molar-refractivity contribution in [2.24, 2.45) is 0 Å². The molecule has 5 nitrogen and oxygen atoms in total. The van der Waals surface area contributed by atoms with Crippen LogP contribution in [-0.2, 0) is 0 Å². The van der Waals surface area contributed by atoms with Crippen molar-refractivity contribution in [2.45, 2.75) is 0 Å². The molecule has 1 aromatic heterocycles. The van der Waals surface area contributed by atoms with Crippen molar-refractivity contribution in [3.63, 3.8) is 0 Å². The van der Waals surface area contributed by atoms with Gasteiger partial charge in [0.2, 0.25) is 18.3 Å². The lowest BCUT2D eigenvalue weighted by Crippen LogP contribution is -1.95. The summed E-state index contributed by atoms with van der Waals surface area (Å²) in [5.41, 5.74) is 0.688.